The number of carbonyl (C=O) groups excluding carboxylic acids is 1. The van der Waals surface area contributed by atoms with E-state index in [2.05, 4.69) is 10.5 Å². The van der Waals surface area contributed by atoms with Crippen LogP contribution in [0.1, 0.15) is 45.4 Å². The SMILES string of the molecule is COc1cc(C(=O)O)ccc1NC(=O)c1cc(C2CC2)on1. The predicted molar refractivity (Wildman–Crippen MR) is 76.4 cm³/mol. The van der Waals surface area contributed by atoms with Crippen molar-refractivity contribution >= 4 is 17.6 Å². The van der Waals surface area contributed by atoms with E-state index in [1.807, 2.05) is 0 Å². The van der Waals surface area contributed by atoms with Crippen molar-refractivity contribution in [3.8, 4) is 5.75 Å². The molecule has 1 amide bonds. The maximum absolute atomic E-state index is 12.2. The summed E-state index contributed by atoms with van der Waals surface area (Å²) in [6.07, 6.45) is 2.11. The van der Waals surface area contributed by atoms with Crippen molar-refractivity contribution in [2.75, 3.05) is 12.4 Å². The van der Waals surface area contributed by atoms with Gasteiger partial charge < -0.3 is 19.7 Å². The van der Waals surface area contributed by atoms with Crippen LogP contribution in [0.5, 0.6) is 5.75 Å². The van der Waals surface area contributed by atoms with Gasteiger partial charge in [-0.05, 0) is 31.0 Å². The Kier molecular flexibility index (Phi) is 3.54. The molecule has 114 valence electrons. The minimum absolute atomic E-state index is 0.0762. The van der Waals surface area contributed by atoms with Crippen LogP contribution >= 0.6 is 0 Å². The van der Waals surface area contributed by atoms with Crippen LogP contribution in [0.25, 0.3) is 0 Å². The zero-order valence-electron chi connectivity index (χ0n) is 11.8. The zero-order chi connectivity index (χ0) is 15.7. The molecule has 7 nitrogen and oxygen atoms in total. The average Bonchev–Trinajstić information content (AvgIpc) is 3.24. The first-order chi connectivity index (χ1) is 10.6. The number of carbonyl (C=O) groups is 2. The summed E-state index contributed by atoms with van der Waals surface area (Å²) in [6.45, 7) is 0. The lowest BCUT2D eigenvalue weighted by Crippen LogP contribution is -2.13. The highest BCUT2D eigenvalue weighted by Crippen LogP contribution is 2.40. The fraction of sp³-hybridized carbons (Fsp3) is 0.267. The van der Waals surface area contributed by atoms with Gasteiger partial charge in [0.15, 0.2) is 5.69 Å². The van der Waals surface area contributed by atoms with Gasteiger partial charge in [-0.3, -0.25) is 4.79 Å². The van der Waals surface area contributed by atoms with Gasteiger partial charge in [0.05, 0.1) is 18.4 Å². The maximum atomic E-state index is 12.2. The number of methoxy groups -OCH3 is 1. The fourth-order valence-corrected chi connectivity index (χ4v) is 2.07. The summed E-state index contributed by atoms with van der Waals surface area (Å²) in [4.78, 5) is 23.1. The number of anilines is 1. The standard InChI is InChI=1S/C15H14N2O5/c1-21-13-6-9(15(19)20)4-5-10(13)16-14(18)11-7-12(22-17-11)8-2-3-8/h4-8H,2-3H2,1H3,(H,16,18)(H,19,20). The molecular weight excluding hydrogens is 288 g/mol. The number of rotatable bonds is 5. The van der Waals surface area contributed by atoms with E-state index in [4.69, 9.17) is 14.4 Å². The first-order valence-corrected chi connectivity index (χ1v) is 6.78. The number of ether oxygens (including phenoxy) is 1. The summed E-state index contributed by atoms with van der Waals surface area (Å²) in [5, 5.41) is 15.3. The Morgan fingerprint density at radius 1 is 1.36 bits per heavy atom. The van der Waals surface area contributed by atoms with Gasteiger partial charge in [0.1, 0.15) is 11.5 Å². The average molecular weight is 302 g/mol. The molecule has 3 rings (SSSR count). The summed E-state index contributed by atoms with van der Waals surface area (Å²) < 4.78 is 10.2. The van der Waals surface area contributed by atoms with Crippen molar-refractivity contribution in [3.63, 3.8) is 0 Å². The largest absolute Gasteiger partial charge is 0.495 e. The fourth-order valence-electron chi connectivity index (χ4n) is 2.07. The first kappa shape index (κ1) is 14.1. The highest BCUT2D eigenvalue weighted by atomic mass is 16.5. The van der Waals surface area contributed by atoms with Gasteiger partial charge in [-0.25, -0.2) is 4.79 Å². The lowest BCUT2D eigenvalue weighted by atomic mass is 10.2. The molecule has 1 aliphatic rings. The molecule has 1 fully saturated rings. The number of benzene rings is 1. The van der Waals surface area contributed by atoms with Gasteiger partial charge in [0.25, 0.3) is 5.91 Å². The molecule has 0 radical (unpaired) electrons. The summed E-state index contributed by atoms with van der Waals surface area (Å²) >= 11 is 0. The Morgan fingerprint density at radius 2 is 2.14 bits per heavy atom. The van der Waals surface area contributed by atoms with E-state index in [0.717, 1.165) is 18.6 Å². The molecule has 0 saturated heterocycles. The molecule has 0 unspecified atom stereocenters. The number of nitrogens with zero attached hydrogens (tertiary/aromatic N) is 1. The number of hydrogen-bond acceptors (Lipinski definition) is 5. The molecule has 2 N–H and O–H groups in total. The topological polar surface area (TPSA) is 102 Å². The van der Waals surface area contributed by atoms with Crippen molar-refractivity contribution in [3.05, 3.63) is 41.3 Å². The summed E-state index contributed by atoms with van der Waals surface area (Å²) in [5.41, 5.74) is 0.632. The van der Waals surface area contributed by atoms with Crippen LogP contribution in [0, 0.1) is 0 Å². The molecule has 1 aromatic heterocycles. The molecule has 0 spiro atoms. The lowest BCUT2D eigenvalue weighted by molar-refractivity contribution is 0.0696. The van der Waals surface area contributed by atoms with E-state index in [0.29, 0.717) is 11.6 Å². The Labute approximate surface area is 125 Å². The highest BCUT2D eigenvalue weighted by Gasteiger charge is 2.29. The van der Waals surface area contributed by atoms with Crippen molar-refractivity contribution in [2.45, 2.75) is 18.8 Å². The van der Waals surface area contributed by atoms with Crippen molar-refractivity contribution in [1.82, 2.24) is 5.16 Å². The number of nitrogens with one attached hydrogen (secondary N) is 1. The Morgan fingerprint density at radius 3 is 2.77 bits per heavy atom. The minimum atomic E-state index is -1.07. The molecule has 0 aliphatic heterocycles. The van der Waals surface area contributed by atoms with Crippen LogP contribution < -0.4 is 10.1 Å². The Balaban J connectivity index is 1.78. The molecule has 1 saturated carbocycles. The van der Waals surface area contributed by atoms with Gasteiger partial charge in [-0.2, -0.15) is 0 Å². The van der Waals surface area contributed by atoms with Gasteiger partial charge in [0, 0.05) is 12.0 Å². The first-order valence-electron chi connectivity index (χ1n) is 6.78. The molecule has 7 heteroatoms. The predicted octanol–water partition coefficient (Wildman–Crippen LogP) is 2.51. The van der Waals surface area contributed by atoms with Gasteiger partial charge in [0.2, 0.25) is 0 Å². The smallest absolute Gasteiger partial charge is 0.335 e. The Hall–Kier alpha value is -2.83. The van der Waals surface area contributed by atoms with Crippen molar-refractivity contribution < 1.29 is 24.0 Å². The summed E-state index contributed by atoms with van der Waals surface area (Å²) in [6, 6.07) is 5.84. The van der Waals surface area contributed by atoms with Gasteiger partial charge in [-0.15, -0.1) is 0 Å². The van der Waals surface area contributed by atoms with E-state index in [1.54, 1.807) is 6.07 Å². The molecule has 22 heavy (non-hydrogen) atoms. The molecule has 1 aromatic carbocycles. The van der Waals surface area contributed by atoms with Crippen LogP contribution in [0.15, 0.2) is 28.8 Å². The molecule has 0 atom stereocenters. The number of carboxylic acid groups (broad SMARTS) is 1. The normalized spacial score (nSPS) is 13.7. The minimum Gasteiger partial charge on any atom is -0.495 e. The number of carboxylic acids is 1. The monoisotopic (exact) mass is 302 g/mol. The molecule has 1 heterocycles. The molecule has 0 bridgehead atoms. The van der Waals surface area contributed by atoms with Gasteiger partial charge in [-0.1, -0.05) is 5.16 Å². The number of hydrogen-bond donors (Lipinski definition) is 2. The third-order valence-corrected chi connectivity index (χ3v) is 3.44. The van der Waals surface area contributed by atoms with Gasteiger partial charge >= 0.3 is 5.97 Å². The van der Waals surface area contributed by atoms with Crippen LogP contribution in [-0.4, -0.2) is 29.2 Å². The van der Waals surface area contributed by atoms with E-state index < -0.39 is 11.9 Å². The van der Waals surface area contributed by atoms with Crippen molar-refractivity contribution in [2.24, 2.45) is 0 Å². The quantitative estimate of drug-likeness (QED) is 0.880. The highest BCUT2D eigenvalue weighted by molar-refractivity contribution is 6.04. The number of amides is 1. The maximum Gasteiger partial charge on any atom is 0.335 e. The Bertz CT molecular complexity index is 733. The van der Waals surface area contributed by atoms with E-state index in [-0.39, 0.29) is 17.0 Å². The number of aromatic carboxylic acids is 1. The molecule has 2 aromatic rings. The second-order valence-corrected chi connectivity index (χ2v) is 5.06. The third-order valence-electron chi connectivity index (χ3n) is 3.44. The van der Waals surface area contributed by atoms with Crippen LogP contribution in [0.3, 0.4) is 0 Å². The van der Waals surface area contributed by atoms with E-state index in [9.17, 15) is 9.59 Å². The zero-order valence-corrected chi connectivity index (χ0v) is 11.8. The lowest BCUT2D eigenvalue weighted by Gasteiger charge is -2.09. The van der Waals surface area contributed by atoms with Crippen LogP contribution in [0.2, 0.25) is 0 Å². The second-order valence-electron chi connectivity index (χ2n) is 5.06. The van der Waals surface area contributed by atoms with Crippen molar-refractivity contribution in [1.29, 1.82) is 0 Å². The molecular formula is C15H14N2O5. The molecule has 1 aliphatic carbocycles. The third kappa shape index (κ3) is 2.78. The van der Waals surface area contributed by atoms with Crippen LogP contribution in [0.4, 0.5) is 5.69 Å². The van der Waals surface area contributed by atoms with E-state index in [1.165, 1.54) is 25.3 Å². The van der Waals surface area contributed by atoms with E-state index >= 15 is 0 Å². The second kappa shape index (κ2) is 5.51. The summed E-state index contributed by atoms with van der Waals surface area (Å²) in [5.74, 6) is -0.144. The number of aromatic nitrogens is 1. The summed E-state index contributed by atoms with van der Waals surface area (Å²) in [7, 11) is 1.40. The van der Waals surface area contributed by atoms with Crippen LogP contribution in [-0.2, 0) is 0 Å².